The third kappa shape index (κ3) is 2.61. The second-order valence-corrected chi connectivity index (χ2v) is 5.83. The molecule has 0 fully saturated rings. The smallest absolute Gasteiger partial charge is 0.243 e. The van der Waals surface area contributed by atoms with Crippen molar-refractivity contribution in [1.82, 2.24) is 14.9 Å². The summed E-state index contributed by atoms with van der Waals surface area (Å²) in [4.78, 5) is 24.8. The number of ketones is 1. The Bertz CT molecular complexity index is 828. The number of hydrogen-bond donors (Lipinski definition) is 0. The Morgan fingerprint density at radius 1 is 1.26 bits per heavy atom. The topological polar surface area (TPSA) is 77.3 Å². The third-order valence-electron chi connectivity index (χ3n) is 3.30. The Hall–Kier alpha value is -2.61. The number of fused-ring (bicyclic) bond motifs is 1. The fraction of sp³-hybridized carbons (Fsp3) is 0.200. The van der Waals surface area contributed by atoms with Gasteiger partial charge in [-0.25, -0.2) is 9.69 Å². The summed E-state index contributed by atoms with van der Waals surface area (Å²) in [6.45, 7) is 2.89. The van der Waals surface area contributed by atoms with Gasteiger partial charge < -0.3 is 4.74 Å². The van der Waals surface area contributed by atoms with Gasteiger partial charge in [-0.15, -0.1) is 10.2 Å². The molecule has 1 aromatic heterocycles. The van der Waals surface area contributed by atoms with Crippen LogP contribution in [0, 0.1) is 0 Å². The summed E-state index contributed by atoms with van der Waals surface area (Å²) in [5.74, 6) is 0.247. The molecule has 2 heterocycles. The first-order chi connectivity index (χ1) is 11.0. The van der Waals surface area contributed by atoms with E-state index >= 15 is 0 Å². The minimum absolute atomic E-state index is 0.145. The molecule has 3 rings (SSSR count). The Labute approximate surface area is 136 Å². The molecule has 23 heavy (non-hydrogen) atoms. The SMILES string of the molecule is COc1cccc(C2=C(C(C)=O)Sc3nncn3N2C(C)=O)c1. The summed E-state index contributed by atoms with van der Waals surface area (Å²) in [5, 5.41) is 9.65. The van der Waals surface area contributed by atoms with Crippen LogP contribution >= 0.6 is 11.8 Å². The average Bonchev–Trinajstić information content (AvgIpc) is 3.00. The van der Waals surface area contributed by atoms with Crippen molar-refractivity contribution in [2.24, 2.45) is 0 Å². The maximum absolute atomic E-state index is 12.2. The summed E-state index contributed by atoms with van der Waals surface area (Å²) in [7, 11) is 1.57. The molecule has 0 spiro atoms. The zero-order valence-corrected chi connectivity index (χ0v) is 13.6. The first-order valence-electron chi connectivity index (χ1n) is 6.81. The molecule has 0 aliphatic carbocycles. The Morgan fingerprint density at radius 3 is 2.70 bits per heavy atom. The van der Waals surface area contributed by atoms with Crippen molar-refractivity contribution < 1.29 is 14.3 Å². The number of Topliss-reactive ketones (excluding diaryl/α,β-unsaturated/α-hetero) is 1. The summed E-state index contributed by atoms with van der Waals surface area (Å²) >= 11 is 1.19. The van der Waals surface area contributed by atoms with Crippen molar-refractivity contribution in [3.63, 3.8) is 0 Å². The van der Waals surface area contributed by atoms with Crippen molar-refractivity contribution in [2.45, 2.75) is 19.0 Å². The molecule has 8 heteroatoms. The van der Waals surface area contributed by atoms with E-state index in [2.05, 4.69) is 10.2 Å². The van der Waals surface area contributed by atoms with Crippen molar-refractivity contribution in [2.75, 3.05) is 12.1 Å². The lowest BCUT2D eigenvalue weighted by Crippen LogP contribution is -2.40. The van der Waals surface area contributed by atoms with Gasteiger partial charge in [0.1, 0.15) is 12.1 Å². The second-order valence-electron chi connectivity index (χ2n) is 4.86. The molecule has 1 amide bonds. The number of carbonyl (C=O) groups excluding carboxylic acids is 2. The van der Waals surface area contributed by atoms with Crippen LogP contribution in [0.2, 0.25) is 0 Å². The number of allylic oxidation sites excluding steroid dienone is 1. The van der Waals surface area contributed by atoms with Gasteiger partial charge in [-0.2, -0.15) is 0 Å². The van der Waals surface area contributed by atoms with E-state index in [1.54, 1.807) is 19.2 Å². The monoisotopic (exact) mass is 330 g/mol. The van der Waals surface area contributed by atoms with Gasteiger partial charge in [-0.3, -0.25) is 9.59 Å². The summed E-state index contributed by atoms with van der Waals surface area (Å²) in [5.41, 5.74) is 1.21. The summed E-state index contributed by atoms with van der Waals surface area (Å²) < 4.78 is 6.78. The maximum Gasteiger partial charge on any atom is 0.243 e. The molecule has 118 valence electrons. The van der Waals surface area contributed by atoms with Crippen LogP contribution < -0.4 is 9.75 Å². The average molecular weight is 330 g/mol. The molecule has 0 bridgehead atoms. The number of carbonyl (C=O) groups is 2. The fourth-order valence-electron chi connectivity index (χ4n) is 2.34. The van der Waals surface area contributed by atoms with Gasteiger partial charge in [-0.05, 0) is 30.8 Å². The van der Waals surface area contributed by atoms with Crippen LogP contribution in [0.4, 0.5) is 0 Å². The number of hydrogen-bond acceptors (Lipinski definition) is 6. The normalized spacial score (nSPS) is 13.8. The molecular formula is C15H14N4O3S. The number of amides is 1. The predicted octanol–water partition coefficient (Wildman–Crippen LogP) is 1.83. The molecule has 0 saturated carbocycles. The summed E-state index contributed by atoms with van der Waals surface area (Å²) in [6, 6.07) is 7.22. The first kappa shape index (κ1) is 15.3. The fourth-order valence-corrected chi connectivity index (χ4v) is 3.28. The van der Waals surface area contributed by atoms with Gasteiger partial charge in [-0.1, -0.05) is 12.1 Å². The van der Waals surface area contributed by atoms with Crippen molar-refractivity contribution in [3.05, 3.63) is 41.1 Å². The summed E-state index contributed by atoms with van der Waals surface area (Å²) in [6.07, 6.45) is 1.45. The molecular weight excluding hydrogens is 316 g/mol. The van der Waals surface area contributed by atoms with Crippen LogP contribution in [-0.2, 0) is 9.59 Å². The van der Waals surface area contributed by atoms with E-state index in [1.165, 1.54) is 41.6 Å². The molecule has 0 unspecified atom stereocenters. The number of aromatic nitrogens is 3. The highest BCUT2D eigenvalue weighted by Crippen LogP contribution is 2.39. The highest BCUT2D eigenvalue weighted by Gasteiger charge is 2.32. The maximum atomic E-state index is 12.2. The van der Waals surface area contributed by atoms with Gasteiger partial charge >= 0.3 is 0 Å². The molecule has 0 N–H and O–H groups in total. The zero-order valence-electron chi connectivity index (χ0n) is 12.8. The van der Waals surface area contributed by atoms with Crippen molar-refractivity contribution >= 4 is 29.1 Å². The zero-order chi connectivity index (χ0) is 16.6. The Kier molecular flexibility index (Phi) is 3.91. The molecule has 0 atom stereocenters. The molecule has 1 aliphatic rings. The molecule has 1 aliphatic heterocycles. The van der Waals surface area contributed by atoms with Crippen LogP contribution in [0.5, 0.6) is 5.75 Å². The number of nitrogens with zero attached hydrogens (tertiary/aromatic N) is 4. The van der Waals surface area contributed by atoms with E-state index in [1.807, 2.05) is 12.1 Å². The largest absolute Gasteiger partial charge is 0.497 e. The molecule has 0 saturated heterocycles. The molecule has 7 nitrogen and oxygen atoms in total. The van der Waals surface area contributed by atoms with E-state index in [0.717, 1.165) is 0 Å². The first-order valence-corrected chi connectivity index (χ1v) is 7.63. The second kappa shape index (κ2) is 5.88. The van der Waals surface area contributed by atoms with Crippen LogP contribution in [-0.4, -0.2) is 33.7 Å². The minimum Gasteiger partial charge on any atom is -0.497 e. The highest BCUT2D eigenvalue weighted by atomic mass is 32.2. The Morgan fingerprint density at radius 2 is 2.04 bits per heavy atom. The number of thioether (sulfide) groups is 1. The van der Waals surface area contributed by atoms with Crippen LogP contribution in [0.1, 0.15) is 19.4 Å². The molecule has 1 aromatic carbocycles. The van der Waals surface area contributed by atoms with Gasteiger partial charge in [0, 0.05) is 12.5 Å². The van der Waals surface area contributed by atoms with E-state index in [-0.39, 0.29) is 11.7 Å². The number of methoxy groups -OCH3 is 1. The van der Waals surface area contributed by atoms with Gasteiger partial charge in [0.15, 0.2) is 5.78 Å². The predicted molar refractivity (Wildman–Crippen MR) is 85.4 cm³/mol. The molecule has 2 aromatic rings. The standard InChI is InChI=1S/C15H14N4O3S/c1-9(20)14-13(11-5-4-6-12(7-11)22-3)19(10(2)21)18-8-16-17-15(18)23-14/h4-8H,1-3H3. The van der Waals surface area contributed by atoms with Crippen LogP contribution in [0.25, 0.3) is 5.70 Å². The van der Waals surface area contributed by atoms with Crippen molar-refractivity contribution in [1.29, 1.82) is 0 Å². The lowest BCUT2D eigenvalue weighted by molar-refractivity contribution is -0.117. The van der Waals surface area contributed by atoms with E-state index in [0.29, 0.717) is 27.1 Å². The van der Waals surface area contributed by atoms with E-state index in [4.69, 9.17) is 4.74 Å². The minimum atomic E-state index is -0.247. The third-order valence-corrected chi connectivity index (χ3v) is 4.43. The van der Waals surface area contributed by atoms with Crippen LogP contribution in [0.15, 0.2) is 40.7 Å². The van der Waals surface area contributed by atoms with Gasteiger partial charge in [0.2, 0.25) is 11.1 Å². The molecule has 0 radical (unpaired) electrons. The number of benzene rings is 1. The van der Waals surface area contributed by atoms with Crippen molar-refractivity contribution in [3.8, 4) is 5.75 Å². The quantitative estimate of drug-likeness (QED) is 0.854. The Balaban J connectivity index is 2.25. The van der Waals surface area contributed by atoms with Gasteiger partial charge in [0.05, 0.1) is 17.7 Å². The van der Waals surface area contributed by atoms with Gasteiger partial charge in [0.25, 0.3) is 0 Å². The highest BCUT2D eigenvalue weighted by molar-refractivity contribution is 8.04. The lowest BCUT2D eigenvalue weighted by Gasteiger charge is -2.31. The number of rotatable bonds is 3. The van der Waals surface area contributed by atoms with E-state index < -0.39 is 0 Å². The lowest BCUT2D eigenvalue weighted by atomic mass is 10.1. The van der Waals surface area contributed by atoms with Crippen LogP contribution in [0.3, 0.4) is 0 Å². The van der Waals surface area contributed by atoms with E-state index in [9.17, 15) is 9.59 Å². The number of ether oxygens (including phenoxy) is 1.